The fourth-order valence-corrected chi connectivity index (χ4v) is 4.15. The number of hydrogen-bond acceptors (Lipinski definition) is 4. The van der Waals surface area contributed by atoms with Crippen molar-refractivity contribution in [1.82, 2.24) is 15.1 Å². The molecule has 1 aliphatic rings. The molecule has 0 aliphatic heterocycles. The highest BCUT2D eigenvalue weighted by molar-refractivity contribution is 7.20. The Balaban J connectivity index is 0.00000196. The second-order valence-corrected chi connectivity index (χ2v) is 7.80. The lowest BCUT2D eigenvalue weighted by Crippen LogP contribution is -2.38. The van der Waals surface area contributed by atoms with Gasteiger partial charge in [-0.05, 0) is 37.3 Å². The zero-order valence-electron chi connectivity index (χ0n) is 14.6. The summed E-state index contributed by atoms with van der Waals surface area (Å²) in [5.41, 5.74) is 8.22. The summed E-state index contributed by atoms with van der Waals surface area (Å²) in [7, 11) is 0. The van der Waals surface area contributed by atoms with Gasteiger partial charge < -0.3 is 11.1 Å². The third-order valence-corrected chi connectivity index (χ3v) is 5.88. The number of benzene rings is 1. The fourth-order valence-electron chi connectivity index (χ4n) is 3.08. The Morgan fingerprint density at radius 1 is 1.38 bits per heavy atom. The van der Waals surface area contributed by atoms with Crippen LogP contribution < -0.4 is 11.1 Å². The van der Waals surface area contributed by atoms with Crippen LogP contribution in [0.4, 0.5) is 0 Å². The molecule has 1 amide bonds. The van der Waals surface area contributed by atoms with Gasteiger partial charge in [-0.1, -0.05) is 30.3 Å². The van der Waals surface area contributed by atoms with Crippen molar-refractivity contribution < 1.29 is 4.79 Å². The summed E-state index contributed by atoms with van der Waals surface area (Å²) in [5.74, 6) is 0.548. The Morgan fingerprint density at radius 2 is 2.12 bits per heavy atom. The molecule has 1 atom stereocenters. The fraction of sp³-hybridized carbons (Fsp3) is 0.368. The average molecular weight is 391 g/mol. The van der Waals surface area contributed by atoms with Gasteiger partial charge in [0.1, 0.15) is 4.83 Å². The predicted molar refractivity (Wildman–Crippen MR) is 108 cm³/mol. The van der Waals surface area contributed by atoms with Gasteiger partial charge in [-0.3, -0.25) is 9.48 Å². The molecular weight excluding hydrogens is 368 g/mol. The number of carbonyl (C=O) groups is 1. The SMILES string of the molecule is Cc1nn(Cc2ccccc2)c2sc(C(=O)NCC(N)C3CC3)cc12.Cl. The van der Waals surface area contributed by atoms with Gasteiger partial charge in [-0.2, -0.15) is 5.10 Å². The van der Waals surface area contributed by atoms with E-state index in [4.69, 9.17) is 5.73 Å². The number of carbonyl (C=O) groups excluding carboxylic acids is 1. The number of fused-ring (bicyclic) bond motifs is 1. The number of rotatable bonds is 6. The van der Waals surface area contributed by atoms with E-state index in [1.807, 2.05) is 35.9 Å². The Hall–Kier alpha value is -1.89. The number of aryl methyl sites for hydroxylation is 1. The minimum Gasteiger partial charge on any atom is -0.350 e. The highest BCUT2D eigenvalue weighted by Crippen LogP contribution is 2.31. The molecule has 1 fully saturated rings. The normalized spacial score (nSPS) is 14.8. The molecular formula is C19H23ClN4OS. The molecule has 7 heteroatoms. The van der Waals surface area contributed by atoms with Gasteiger partial charge in [0.2, 0.25) is 0 Å². The topological polar surface area (TPSA) is 72.9 Å². The first-order chi connectivity index (χ1) is 12.1. The van der Waals surface area contributed by atoms with Gasteiger partial charge in [-0.25, -0.2) is 0 Å². The van der Waals surface area contributed by atoms with E-state index in [9.17, 15) is 4.79 Å². The summed E-state index contributed by atoms with van der Waals surface area (Å²) in [5, 5.41) is 8.66. The molecule has 1 unspecified atom stereocenters. The molecule has 5 nitrogen and oxygen atoms in total. The smallest absolute Gasteiger partial charge is 0.261 e. The van der Waals surface area contributed by atoms with Crippen LogP contribution in [0, 0.1) is 12.8 Å². The Labute approximate surface area is 163 Å². The largest absolute Gasteiger partial charge is 0.350 e. The standard InChI is InChI=1S/C19H22N4OS.ClH/c1-12-15-9-17(18(24)21-10-16(20)14-7-8-14)25-19(15)23(22-12)11-13-5-3-2-4-6-13;/h2-6,9,14,16H,7-8,10-11,20H2,1H3,(H,21,24);1H. The second-order valence-electron chi connectivity index (χ2n) is 6.77. The van der Waals surface area contributed by atoms with E-state index in [0.717, 1.165) is 20.8 Å². The number of nitrogens with zero attached hydrogens (tertiary/aromatic N) is 2. The van der Waals surface area contributed by atoms with Crippen molar-refractivity contribution in [2.24, 2.45) is 11.7 Å². The maximum absolute atomic E-state index is 12.5. The van der Waals surface area contributed by atoms with Crippen LogP contribution in [0.25, 0.3) is 10.2 Å². The molecule has 2 heterocycles. The van der Waals surface area contributed by atoms with Gasteiger partial charge in [0.25, 0.3) is 5.91 Å². The number of nitrogens with two attached hydrogens (primary N) is 1. The summed E-state index contributed by atoms with van der Waals surface area (Å²) in [6.07, 6.45) is 2.38. The number of amides is 1. The van der Waals surface area contributed by atoms with Gasteiger partial charge in [-0.15, -0.1) is 23.7 Å². The lowest BCUT2D eigenvalue weighted by atomic mass is 10.2. The molecule has 1 aliphatic carbocycles. The predicted octanol–water partition coefficient (Wildman–Crippen LogP) is 3.34. The van der Waals surface area contributed by atoms with Crippen molar-refractivity contribution in [3.63, 3.8) is 0 Å². The monoisotopic (exact) mass is 390 g/mol. The van der Waals surface area contributed by atoms with Crippen LogP contribution in [0.5, 0.6) is 0 Å². The molecule has 2 aromatic heterocycles. The number of halogens is 1. The first-order valence-corrected chi connectivity index (χ1v) is 9.48. The number of nitrogens with one attached hydrogen (secondary N) is 1. The molecule has 3 aromatic rings. The molecule has 1 saturated carbocycles. The Kier molecular flexibility index (Phi) is 5.65. The van der Waals surface area contributed by atoms with Gasteiger partial charge in [0, 0.05) is 18.0 Å². The minimum atomic E-state index is -0.0389. The molecule has 0 bridgehead atoms. The summed E-state index contributed by atoms with van der Waals surface area (Å²) in [6, 6.07) is 12.3. The molecule has 0 radical (unpaired) electrons. The lowest BCUT2D eigenvalue weighted by molar-refractivity contribution is 0.0954. The van der Waals surface area contributed by atoms with Gasteiger partial charge in [0.15, 0.2) is 0 Å². The maximum atomic E-state index is 12.5. The molecule has 26 heavy (non-hydrogen) atoms. The maximum Gasteiger partial charge on any atom is 0.261 e. The van der Waals surface area contributed by atoms with Crippen LogP contribution >= 0.6 is 23.7 Å². The molecule has 4 rings (SSSR count). The van der Waals surface area contributed by atoms with Crippen molar-refractivity contribution in [2.75, 3.05) is 6.54 Å². The zero-order chi connectivity index (χ0) is 17.4. The van der Waals surface area contributed by atoms with Gasteiger partial charge in [0.05, 0.1) is 17.1 Å². The van der Waals surface area contributed by atoms with E-state index in [1.54, 1.807) is 0 Å². The summed E-state index contributed by atoms with van der Waals surface area (Å²) >= 11 is 1.50. The van der Waals surface area contributed by atoms with Crippen LogP contribution in [0.2, 0.25) is 0 Å². The third-order valence-electron chi connectivity index (χ3n) is 4.73. The summed E-state index contributed by atoms with van der Waals surface area (Å²) < 4.78 is 1.98. The van der Waals surface area contributed by atoms with Crippen molar-refractivity contribution in [3.8, 4) is 0 Å². The Bertz CT molecular complexity index is 901. The van der Waals surface area contributed by atoms with Gasteiger partial charge >= 0.3 is 0 Å². The zero-order valence-corrected chi connectivity index (χ0v) is 16.3. The van der Waals surface area contributed by atoms with Crippen molar-refractivity contribution >= 4 is 39.9 Å². The van der Waals surface area contributed by atoms with Crippen molar-refractivity contribution in [3.05, 3.63) is 52.5 Å². The molecule has 3 N–H and O–H groups in total. The Morgan fingerprint density at radius 3 is 2.81 bits per heavy atom. The lowest BCUT2D eigenvalue weighted by Gasteiger charge is -2.10. The van der Waals surface area contributed by atoms with E-state index in [2.05, 4.69) is 22.5 Å². The highest BCUT2D eigenvalue weighted by Gasteiger charge is 2.28. The number of thiophene rings is 1. The number of aromatic nitrogens is 2. The van der Waals surface area contributed by atoms with Crippen LogP contribution in [-0.4, -0.2) is 28.3 Å². The first-order valence-electron chi connectivity index (χ1n) is 8.66. The van der Waals surface area contributed by atoms with E-state index in [1.165, 1.54) is 29.7 Å². The average Bonchev–Trinajstić information content (AvgIpc) is 3.31. The molecule has 1 aromatic carbocycles. The minimum absolute atomic E-state index is 0. The van der Waals surface area contributed by atoms with E-state index in [0.29, 0.717) is 19.0 Å². The van der Waals surface area contributed by atoms with Crippen molar-refractivity contribution in [2.45, 2.75) is 32.4 Å². The van der Waals surface area contributed by atoms with Crippen molar-refractivity contribution in [1.29, 1.82) is 0 Å². The van der Waals surface area contributed by atoms with Crippen LogP contribution in [-0.2, 0) is 6.54 Å². The van der Waals surface area contributed by atoms with E-state index < -0.39 is 0 Å². The van der Waals surface area contributed by atoms with E-state index in [-0.39, 0.29) is 24.4 Å². The molecule has 0 saturated heterocycles. The summed E-state index contributed by atoms with van der Waals surface area (Å²) in [4.78, 5) is 14.2. The third kappa shape index (κ3) is 3.92. The molecule has 138 valence electrons. The molecule has 0 spiro atoms. The van der Waals surface area contributed by atoms with Crippen LogP contribution in [0.1, 0.15) is 33.8 Å². The van der Waals surface area contributed by atoms with Crippen LogP contribution in [0.3, 0.4) is 0 Å². The quantitative estimate of drug-likeness (QED) is 0.677. The number of hydrogen-bond donors (Lipinski definition) is 2. The highest BCUT2D eigenvalue weighted by atomic mass is 35.5. The van der Waals surface area contributed by atoms with E-state index >= 15 is 0 Å². The first kappa shape index (κ1) is 18.9. The summed E-state index contributed by atoms with van der Waals surface area (Å²) in [6.45, 7) is 3.24. The van der Waals surface area contributed by atoms with Crippen LogP contribution in [0.15, 0.2) is 36.4 Å². The second kappa shape index (κ2) is 7.78.